The van der Waals surface area contributed by atoms with Crippen LogP contribution in [-0.4, -0.2) is 84.7 Å². The van der Waals surface area contributed by atoms with Crippen molar-refractivity contribution in [3.63, 3.8) is 0 Å². The number of aliphatic hydroxyl groups is 1. The van der Waals surface area contributed by atoms with Gasteiger partial charge in [0.05, 0.1) is 12.2 Å². The Labute approximate surface area is 295 Å². The van der Waals surface area contributed by atoms with Gasteiger partial charge in [-0.2, -0.15) is 0 Å². The van der Waals surface area contributed by atoms with Crippen LogP contribution in [0.4, 0.5) is 4.79 Å². The number of nitrogens with one attached hydrogen (secondary N) is 2. The van der Waals surface area contributed by atoms with E-state index in [0.29, 0.717) is 31.0 Å². The van der Waals surface area contributed by atoms with Gasteiger partial charge < -0.3 is 20.1 Å². The molecule has 3 N–H and O–H groups in total. The molecule has 2 aliphatic heterocycles. The van der Waals surface area contributed by atoms with Crippen molar-refractivity contribution in [2.75, 3.05) is 45.9 Å². The third kappa shape index (κ3) is 9.28. The van der Waals surface area contributed by atoms with Crippen LogP contribution in [-0.2, 0) is 25.3 Å². The van der Waals surface area contributed by atoms with E-state index in [4.69, 9.17) is 16.3 Å². The summed E-state index contributed by atoms with van der Waals surface area (Å²) in [6.45, 7) is 5.66. The molecule has 262 valence electrons. The molecule has 0 saturated carbocycles. The Bertz CT molecular complexity index is 1470. The molecule has 0 aromatic heterocycles. The summed E-state index contributed by atoms with van der Waals surface area (Å²) in [7, 11) is 0. The van der Waals surface area contributed by atoms with E-state index in [2.05, 4.69) is 39.8 Å². The predicted octanol–water partition coefficient (Wildman–Crippen LogP) is 5.63. The lowest BCUT2D eigenvalue weighted by atomic mass is 9.71. The maximum Gasteiger partial charge on any atom is 0.333 e. The average Bonchev–Trinajstić information content (AvgIpc) is 3.12. The molecule has 5 rings (SSSR count). The Kier molecular flexibility index (Phi) is 12.9. The molecule has 2 heterocycles. The first-order valence-electron chi connectivity index (χ1n) is 17.6. The molecule has 0 spiro atoms. The van der Waals surface area contributed by atoms with E-state index in [1.165, 1.54) is 0 Å². The SMILES string of the molecule is CCOC(=O)C(C(=O)NC(=O)NCC(CCCN1CCC(O)(c2ccc(Cl)cc2)CC1)(c1ccccc1)c1ccccc1)N1CCCCC1. The van der Waals surface area contributed by atoms with Gasteiger partial charge in [-0.3, -0.25) is 15.0 Å². The lowest BCUT2D eigenvalue weighted by Gasteiger charge is -2.40. The van der Waals surface area contributed by atoms with Crippen LogP contribution in [0.25, 0.3) is 0 Å². The van der Waals surface area contributed by atoms with Crippen LogP contribution in [0.5, 0.6) is 0 Å². The number of rotatable bonds is 13. The topological polar surface area (TPSA) is 111 Å². The summed E-state index contributed by atoms with van der Waals surface area (Å²) in [4.78, 5) is 43.8. The predicted molar refractivity (Wildman–Crippen MR) is 191 cm³/mol. The van der Waals surface area contributed by atoms with Gasteiger partial charge in [0.1, 0.15) is 0 Å². The van der Waals surface area contributed by atoms with E-state index in [-0.39, 0.29) is 13.2 Å². The number of likely N-dealkylation sites (tertiary alicyclic amines) is 2. The summed E-state index contributed by atoms with van der Waals surface area (Å²) < 4.78 is 5.23. The minimum absolute atomic E-state index is 0.153. The summed E-state index contributed by atoms with van der Waals surface area (Å²) >= 11 is 6.08. The molecule has 1 unspecified atom stereocenters. The van der Waals surface area contributed by atoms with E-state index in [1.807, 2.05) is 60.7 Å². The summed E-state index contributed by atoms with van der Waals surface area (Å²) in [6, 6.07) is 25.9. The average molecular weight is 689 g/mol. The first-order chi connectivity index (χ1) is 23.7. The van der Waals surface area contributed by atoms with E-state index >= 15 is 0 Å². The molecule has 3 aromatic carbocycles. The van der Waals surface area contributed by atoms with Gasteiger partial charge in [-0.1, -0.05) is 90.8 Å². The number of hydrogen-bond acceptors (Lipinski definition) is 7. The Morgan fingerprint density at radius 3 is 2.04 bits per heavy atom. The minimum atomic E-state index is -1.17. The fourth-order valence-corrected chi connectivity index (χ4v) is 7.46. The van der Waals surface area contributed by atoms with Crippen molar-refractivity contribution in [2.45, 2.75) is 68.9 Å². The molecule has 49 heavy (non-hydrogen) atoms. The normalized spacial score (nSPS) is 17.5. The molecular formula is C39H49ClN4O5. The number of imide groups is 1. The number of ether oxygens (including phenoxy) is 1. The molecule has 2 saturated heterocycles. The maximum absolute atomic E-state index is 13.4. The number of piperidine rings is 2. The van der Waals surface area contributed by atoms with Crippen molar-refractivity contribution in [1.82, 2.24) is 20.4 Å². The highest BCUT2D eigenvalue weighted by molar-refractivity contribution is 6.30. The van der Waals surface area contributed by atoms with Gasteiger partial charge in [0.15, 0.2) is 6.04 Å². The van der Waals surface area contributed by atoms with E-state index in [0.717, 1.165) is 68.4 Å². The summed E-state index contributed by atoms with van der Waals surface area (Å²) in [5.74, 6) is -1.31. The van der Waals surface area contributed by atoms with Gasteiger partial charge in [-0.05, 0) is 93.9 Å². The van der Waals surface area contributed by atoms with Crippen LogP contribution >= 0.6 is 11.6 Å². The second-order valence-electron chi connectivity index (χ2n) is 13.2. The minimum Gasteiger partial charge on any atom is -0.464 e. The number of urea groups is 1. The Balaban J connectivity index is 1.28. The first kappa shape index (κ1) is 36.5. The highest BCUT2D eigenvalue weighted by Gasteiger charge is 2.38. The van der Waals surface area contributed by atoms with E-state index in [9.17, 15) is 19.5 Å². The molecule has 3 amide bonds. The van der Waals surface area contributed by atoms with Crippen LogP contribution < -0.4 is 10.6 Å². The second kappa shape index (κ2) is 17.3. The highest BCUT2D eigenvalue weighted by atomic mass is 35.5. The number of benzene rings is 3. The fraction of sp³-hybridized carbons (Fsp3) is 0.462. The van der Waals surface area contributed by atoms with Crippen LogP contribution in [0, 0.1) is 0 Å². The van der Waals surface area contributed by atoms with Gasteiger partial charge in [0.25, 0.3) is 5.91 Å². The van der Waals surface area contributed by atoms with Gasteiger partial charge in [0, 0.05) is 30.1 Å². The van der Waals surface area contributed by atoms with Crippen molar-refractivity contribution < 1.29 is 24.2 Å². The third-order valence-electron chi connectivity index (χ3n) is 10.1. The molecule has 2 fully saturated rings. The quantitative estimate of drug-likeness (QED) is 0.158. The van der Waals surface area contributed by atoms with Gasteiger partial charge in [-0.25, -0.2) is 9.59 Å². The van der Waals surface area contributed by atoms with Crippen molar-refractivity contribution >= 4 is 29.5 Å². The van der Waals surface area contributed by atoms with Crippen LogP contribution in [0.15, 0.2) is 84.9 Å². The molecular weight excluding hydrogens is 640 g/mol. The molecule has 0 aliphatic carbocycles. The van der Waals surface area contributed by atoms with Crippen molar-refractivity contribution in [2.24, 2.45) is 0 Å². The van der Waals surface area contributed by atoms with E-state index in [1.54, 1.807) is 11.8 Å². The Morgan fingerprint density at radius 2 is 1.47 bits per heavy atom. The zero-order valence-electron chi connectivity index (χ0n) is 28.4. The van der Waals surface area contributed by atoms with Crippen LogP contribution in [0.1, 0.15) is 68.6 Å². The third-order valence-corrected chi connectivity index (χ3v) is 10.3. The number of hydrogen-bond donors (Lipinski definition) is 3. The summed E-state index contributed by atoms with van der Waals surface area (Å²) in [5, 5.41) is 17.5. The van der Waals surface area contributed by atoms with Gasteiger partial charge in [0.2, 0.25) is 0 Å². The van der Waals surface area contributed by atoms with E-state index < -0.39 is 35.0 Å². The smallest absolute Gasteiger partial charge is 0.333 e. The maximum atomic E-state index is 13.4. The standard InChI is InChI=1S/C39H49ClN4O5/c1-2-49-36(46)34(44-25-10-5-11-26-44)35(45)42-37(47)41-29-38(30-13-6-3-7-14-30,31-15-8-4-9-16-31)21-12-24-43-27-22-39(48,23-28-43)32-17-19-33(40)20-18-32/h3-4,6-9,13-20,34,48H,2,5,10-12,21-29H2,1H3,(H2,41,42,45,47). The van der Waals surface area contributed by atoms with Crippen molar-refractivity contribution in [3.05, 3.63) is 107 Å². The second-order valence-corrected chi connectivity index (χ2v) is 13.7. The van der Waals surface area contributed by atoms with Crippen LogP contribution in [0.3, 0.4) is 0 Å². The molecule has 2 aliphatic rings. The summed E-state index contributed by atoms with van der Waals surface area (Å²) in [6.07, 6.45) is 5.64. The fourth-order valence-electron chi connectivity index (χ4n) is 7.34. The Hall–Kier alpha value is -3.76. The zero-order valence-corrected chi connectivity index (χ0v) is 29.2. The number of carbonyl (C=O) groups is 3. The molecule has 10 heteroatoms. The largest absolute Gasteiger partial charge is 0.464 e. The monoisotopic (exact) mass is 688 g/mol. The molecule has 1 atom stereocenters. The molecule has 0 radical (unpaired) electrons. The number of amides is 3. The van der Waals surface area contributed by atoms with Crippen molar-refractivity contribution in [3.8, 4) is 0 Å². The number of carbonyl (C=O) groups excluding carboxylic acids is 3. The number of halogens is 1. The molecule has 9 nitrogen and oxygen atoms in total. The van der Waals surface area contributed by atoms with Gasteiger partial charge >= 0.3 is 12.0 Å². The molecule has 0 bridgehead atoms. The molecule has 3 aromatic rings. The first-order valence-corrected chi connectivity index (χ1v) is 17.9. The lowest BCUT2D eigenvalue weighted by Crippen LogP contribution is -2.57. The van der Waals surface area contributed by atoms with Crippen LogP contribution in [0.2, 0.25) is 5.02 Å². The van der Waals surface area contributed by atoms with Crippen molar-refractivity contribution in [1.29, 1.82) is 0 Å². The Morgan fingerprint density at radius 1 is 0.878 bits per heavy atom. The number of nitrogens with zero attached hydrogens (tertiary/aromatic N) is 2. The highest BCUT2D eigenvalue weighted by Crippen LogP contribution is 2.38. The number of esters is 1. The zero-order chi connectivity index (χ0) is 34.7. The van der Waals surface area contributed by atoms with Gasteiger partial charge in [-0.15, -0.1) is 0 Å². The summed E-state index contributed by atoms with van der Waals surface area (Å²) in [5.41, 5.74) is 1.56. The lowest BCUT2D eigenvalue weighted by molar-refractivity contribution is -0.154.